The maximum Gasteiger partial charge on any atom is 0.0626 e. The van der Waals surface area contributed by atoms with Crippen LogP contribution in [0.3, 0.4) is 0 Å². The van der Waals surface area contributed by atoms with Crippen LogP contribution in [0.25, 0.3) is 0 Å². The summed E-state index contributed by atoms with van der Waals surface area (Å²) in [6.45, 7) is 3.33. The molecule has 2 aromatic rings. The zero-order valence-electron chi connectivity index (χ0n) is 21.8. The fraction of sp³-hybridized carbons (Fsp3) is 0.455. The van der Waals surface area contributed by atoms with Crippen LogP contribution < -0.4 is 0 Å². The highest BCUT2D eigenvalue weighted by molar-refractivity contribution is 6.30. The van der Waals surface area contributed by atoms with E-state index in [-0.39, 0.29) is 36.8 Å². The lowest BCUT2D eigenvalue weighted by molar-refractivity contribution is 0.0158. The molecule has 0 bridgehead atoms. The van der Waals surface area contributed by atoms with Crippen LogP contribution in [0.4, 0.5) is 0 Å². The van der Waals surface area contributed by atoms with Gasteiger partial charge in [0, 0.05) is 44.8 Å². The summed E-state index contributed by atoms with van der Waals surface area (Å²) >= 11 is 6.33. The summed E-state index contributed by atoms with van der Waals surface area (Å²) in [5.41, 5.74) is 1.70. The summed E-state index contributed by atoms with van der Waals surface area (Å²) in [5, 5.41) is 0.562. The van der Waals surface area contributed by atoms with Gasteiger partial charge in [0.05, 0.1) is 6.85 Å². The molecule has 1 saturated heterocycles. The molecule has 0 amide bonds. The first-order valence-corrected chi connectivity index (χ1v) is 8.98. The average Bonchev–Trinajstić information content (AvgIpc) is 3.07. The molecule has 0 radical (unpaired) electrons. The average molecular weight is 362 g/mol. The molecule has 0 N–H and O–H groups in total. The Balaban J connectivity index is 1.83. The van der Waals surface area contributed by atoms with E-state index in [0.717, 1.165) is 11.1 Å². The van der Waals surface area contributed by atoms with Gasteiger partial charge in [-0.05, 0) is 56.1 Å². The van der Waals surface area contributed by atoms with E-state index in [0.29, 0.717) is 23.6 Å². The van der Waals surface area contributed by atoms with Crippen molar-refractivity contribution < 1.29 is 9.60 Å². The summed E-state index contributed by atoms with van der Waals surface area (Å²) in [4.78, 5) is 3.88. The van der Waals surface area contributed by atoms with Crippen molar-refractivity contribution in [1.29, 1.82) is 0 Å². The molecular weight excluding hydrogens is 328 g/mol. The standard InChI is InChI=1S/C22H27ClN2/c1-22(2)15-25(12-11-24(22)3)21-14-19(16-7-5-4-6-8-16)18-10-9-17(23)13-20(18)21/h4-10,13,19,21H,11-12,14-15H2,1-3H3/t19-,21+/m0/s1/i4D,5D,6D,7D,8D,11D2. The third kappa shape index (κ3) is 3.12. The topological polar surface area (TPSA) is 6.48 Å². The van der Waals surface area contributed by atoms with Gasteiger partial charge in [-0.15, -0.1) is 0 Å². The molecule has 2 atom stereocenters. The smallest absolute Gasteiger partial charge is 0.0626 e. The summed E-state index contributed by atoms with van der Waals surface area (Å²) in [7, 11) is 1.80. The van der Waals surface area contributed by atoms with Crippen LogP contribution in [0.2, 0.25) is 5.02 Å². The molecule has 1 fully saturated rings. The second kappa shape index (κ2) is 6.42. The minimum Gasteiger partial charge on any atom is -0.299 e. The molecule has 0 unspecified atom stereocenters. The third-order valence-electron chi connectivity index (χ3n) is 5.56. The van der Waals surface area contributed by atoms with Crippen LogP contribution in [0.1, 0.15) is 58.5 Å². The van der Waals surface area contributed by atoms with E-state index in [9.17, 15) is 0 Å². The number of likely N-dealkylation sites (N-methyl/N-ethyl adjacent to an activating group) is 1. The molecule has 4 rings (SSSR count). The molecule has 1 aliphatic heterocycles. The molecule has 2 aromatic carbocycles. The summed E-state index contributed by atoms with van der Waals surface area (Å²) in [5.74, 6) is -0.394. The lowest BCUT2D eigenvalue weighted by atomic mass is 9.93. The number of halogens is 1. The van der Waals surface area contributed by atoms with E-state index in [1.54, 1.807) is 18.0 Å². The van der Waals surface area contributed by atoms with Gasteiger partial charge >= 0.3 is 0 Å². The van der Waals surface area contributed by atoms with E-state index >= 15 is 0 Å². The van der Waals surface area contributed by atoms with Gasteiger partial charge < -0.3 is 0 Å². The SMILES string of the molecule is [2H]c1c([2H])c([2H])c([C@@H]2C[C@@H](N3CC([2H])([2H])N(C)C(C)(C)C3)c3cc(Cl)ccc32)c([2H])c1[2H]. The van der Waals surface area contributed by atoms with Gasteiger partial charge in [0.25, 0.3) is 0 Å². The number of fused-ring (bicyclic) bond motifs is 1. The van der Waals surface area contributed by atoms with E-state index in [2.05, 4.69) is 4.90 Å². The minimum absolute atomic E-state index is 0.172. The maximum absolute atomic E-state index is 8.57. The van der Waals surface area contributed by atoms with Gasteiger partial charge in [-0.25, -0.2) is 0 Å². The lowest BCUT2D eigenvalue weighted by Crippen LogP contribution is -2.58. The zero-order valence-corrected chi connectivity index (χ0v) is 15.5. The van der Waals surface area contributed by atoms with Gasteiger partial charge in [-0.3, -0.25) is 9.80 Å². The summed E-state index contributed by atoms with van der Waals surface area (Å²) < 4.78 is 58.2. The highest BCUT2D eigenvalue weighted by Crippen LogP contribution is 2.48. The third-order valence-corrected chi connectivity index (χ3v) is 5.79. The Labute approximate surface area is 166 Å². The molecule has 132 valence electrons. The van der Waals surface area contributed by atoms with Crippen molar-refractivity contribution in [3.63, 3.8) is 0 Å². The number of rotatable bonds is 2. The zero-order chi connectivity index (χ0) is 23.7. The van der Waals surface area contributed by atoms with Crippen LogP contribution in [-0.2, 0) is 0 Å². The number of hydrogen-bond acceptors (Lipinski definition) is 2. The highest BCUT2D eigenvalue weighted by atomic mass is 35.5. The monoisotopic (exact) mass is 361 g/mol. The van der Waals surface area contributed by atoms with Crippen molar-refractivity contribution in [1.82, 2.24) is 9.80 Å². The Bertz CT molecular complexity index is 1040. The largest absolute Gasteiger partial charge is 0.299 e. The Hall–Kier alpha value is -1.35. The molecule has 25 heavy (non-hydrogen) atoms. The Morgan fingerprint density at radius 2 is 1.96 bits per heavy atom. The highest BCUT2D eigenvalue weighted by Gasteiger charge is 2.40. The second-order valence-electron chi connectivity index (χ2n) is 7.55. The maximum atomic E-state index is 8.57. The fourth-order valence-electron chi connectivity index (χ4n) is 3.97. The number of piperazine rings is 1. The first-order chi connectivity index (χ1) is 14.8. The van der Waals surface area contributed by atoms with Crippen molar-refractivity contribution in [2.24, 2.45) is 0 Å². The number of nitrogens with zero attached hydrogens (tertiary/aromatic N) is 2. The number of hydrogen-bond donors (Lipinski definition) is 0. The minimum atomic E-state index is -1.53. The Kier molecular flexibility index (Phi) is 2.75. The van der Waals surface area contributed by atoms with Crippen molar-refractivity contribution in [2.45, 2.75) is 37.8 Å². The van der Waals surface area contributed by atoms with Crippen LogP contribution in [0.5, 0.6) is 0 Å². The summed E-state index contributed by atoms with van der Waals surface area (Å²) in [6.07, 6.45) is 0.500. The molecule has 2 nitrogen and oxygen atoms in total. The second-order valence-corrected chi connectivity index (χ2v) is 7.99. The van der Waals surface area contributed by atoms with Crippen LogP contribution in [-0.4, -0.2) is 42.0 Å². The van der Waals surface area contributed by atoms with Crippen LogP contribution in [0, 0.1) is 0 Å². The first-order valence-electron chi connectivity index (χ1n) is 12.1. The predicted octanol–water partition coefficient (Wildman–Crippen LogP) is 4.94. The molecule has 2 aliphatic rings. The predicted molar refractivity (Wildman–Crippen MR) is 105 cm³/mol. The van der Waals surface area contributed by atoms with Crippen LogP contribution >= 0.6 is 11.6 Å². The van der Waals surface area contributed by atoms with Gasteiger partial charge in [-0.2, -0.15) is 0 Å². The van der Waals surface area contributed by atoms with Gasteiger partial charge in [0.2, 0.25) is 0 Å². The molecule has 0 aromatic heterocycles. The normalized spacial score (nSPS) is 32.6. The summed E-state index contributed by atoms with van der Waals surface area (Å²) in [6, 6.07) is 3.90. The molecule has 1 heterocycles. The Morgan fingerprint density at radius 1 is 1.20 bits per heavy atom. The van der Waals surface area contributed by atoms with E-state index in [1.165, 1.54) is 0 Å². The van der Waals surface area contributed by atoms with Crippen molar-refractivity contribution in [3.8, 4) is 0 Å². The quantitative estimate of drug-likeness (QED) is 0.747. The van der Waals surface area contributed by atoms with Crippen molar-refractivity contribution in [3.05, 3.63) is 70.1 Å². The molecule has 1 aliphatic carbocycles. The van der Waals surface area contributed by atoms with Crippen molar-refractivity contribution >= 4 is 11.6 Å². The number of benzene rings is 2. The molecular formula is C22H27ClN2. The van der Waals surface area contributed by atoms with Crippen molar-refractivity contribution in [2.75, 3.05) is 26.6 Å². The van der Waals surface area contributed by atoms with Gasteiger partial charge in [0.15, 0.2) is 0 Å². The first kappa shape index (κ1) is 10.7. The van der Waals surface area contributed by atoms with Crippen LogP contribution in [0.15, 0.2) is 48.4 Å². The molecule has 0 spiro atoms. The van der Waals surface area contributed by atoms with E-state index in [4.69, 9.17) is 21.2 Å². The van der Waals surface area contributed by atoms with E-state index < -0.39 is 24.0 Å². The van der Waals surface area contributed by atoms with E-state index in [1.807, 2.05) is 26.0 Å². The molecule has 0 saturated carbocycles. The Morgan fingerprint density at radius 3 is 2.68 bits per heavy atom. The van der Waals surface area contributed by atoms with Gasteiger partial charge in [0.1, 0.15) is 0 Å². The fourth-order valence-corrected chi connectivity index (χ4v) is 4.15. The lowest BCUT2D eigenvalue weighted by Gasteiger charge is -2.47. The molecule has 3 heteroatoms. The van der Waals surface area contributed by atoms with Gasteiger partial charge in [-0.1, -0.05) is 47.9 Å².